The monoisotopic (exact) mass is 378 g/mol. The molecule has 0 heterocycles. The van der Waals surface area contributed by atoms with E-state index in [0.717, 1.165) is 11.1 Å². The lowest BCUT2D eigenvalue weighted by Crippen LogP contribution is -2.34. The van der Waals surface area contributed by atoms with E-state index >= 15 is 0 Å². The molecule has 2 rings (SSSR count). The summed E-state index contributed by atoms with van der Waals surface area (Å²) in [5.74, 6) is 1.24. The third kappa shape index (κ3) is 4.75. The van der Waals surface area contributed by atoms with Gasteiger partial charge >= 0.3 is 0 Å². The molecule has 0 fully saturated rings. The minimum atomic E-state index is -3.57. The summed E-state index contributed by atoms with van der Waals surface area (Å²) in [6.07, 6.45) is 0. The van der Waals surface area contributed by atoms with Crippen LogP contribution in [-0.2, 0) is 10.0 Å². The van der Waals surface area contributed by atoms with E-state index in [0.29, 0.717) is 11.5 Å². The summed E-state index contributed by atoms with van der Waals surface area (Å²) in [5.41, 5.74) is 1.94. The molecule has 2 aromatic carbocycles. The maximum Gasteiger partial charge on any atom is 0.240 e. The van der Waals surface area contributed by atoms with Gasteiger partial charge in [0.05, 0.1) is 19.1 Å². The number of methoxy groups -OCH3 is 2. The zero-order valence-corrected chi connectivity index (χ0v) is 16.6. The standard InChI is InChI=1S/C19H26N2O4S/c1-14-6-9-16(10-7-14)26(22,23)20-13-17(21(2)3)15-8-11-18(24-4)19(12-15)25-5/h6-12,17,20H,13H2,1-5H3. The number of sulfonamides is 1. The number of hydrogen-bond donors (Lipinski definition) is 1. The van der Waals surface area contributed by atoms with E-state index in [-0.39, 0.29) is 17.5 Å². The third-order valence-electron chi connectivity index (χ3n) is 4.21. The third-order valence-corrected chi connectivity index (χ3v) is 5.65. The SMILES string of the molecule is COc1ccc(C(CNS(=O)(=O)c2ccc(C)cc2)N(C)C)cc1OC. The van der Waals surface area contributed by atoms with Crippen molar-refractivity contribution in [1.82, 2.24) is 9.62 Å². The van der Waals surface area contributed by atoms with E-state index in [9.17, 15) is 8.42 Å². The first-order valence-corrected chi connectivity index (χ1v) is 9.71. The van der Waals surface area contributed by atoms with Crippen molar-refractivity contribution in [2.45, 2.75) is 17.9 Å². The molecule has 1 unspecified atom stereocenters. The predicted octanol–water partition coefficient (Wildman–Crippen LogP) is 2.59. The average Bonchev–Trinajstić information content (AvgIpc) is 2.61. The first-order valence-electron chi connectivity index (χ1n) is 8.23. The van der Waals surface area contributed by atoms with Crippen molar-refractivity contribution in [3.63, 3.8) is 0 Å². The number of aryl methyl sites for hydroxylation is 1. The molecule has 0 amide bonds. The van der Waals surface area contributed by atoms with Gasteiger partial charge in [0.1, 0.15) is 0 Å². The fourth-order valence-corrected chi connectivity index (χ4v) is 3.69. The van der Waals surface area contributed by atoms with Gasteiger partial charge in [-0.1, -0.05) is 23.8 Å². The number of nitrogens with one attached hydrogen (secondary N) is 1. The number of nitrogens with zero attached hydrogens (tertiary/aromatic N) is 1. The molecule has 0 radical (unpaired) electrons. The number of hydrogen-bond acceptors (Lipinski definition) is 5. The Morgan fingerprint density at radius 1 is 1.00 bits per heavy atom. The molecular weight excluding hydrogens is 352 g/mol. The summed E-state index contributed by atoms with van der Waals surface area (Å²) >= 11 is 0. The van der Waals surface area contributed by atoms with Crippen molar-refractivity contribution in [3.05, 3.63) is 53.6 Å². The lowest BCUT2D eigenvalue weighted by atomic mass is 10.1. The first kappa shape index (κ1) is 20.2. The molecular formula is C19H26N2O4S. The Balaban J connectivity index is 2.22. The molecule has 0 spiro atoms. The van der Waals surface area contributed by atoms with Crippen molar-refractivity contribution in [3.8, 4) is 11.5 Å². The Morgan fingerprint density at radius 2 is 1.62 bits per heavy atom. The summed E-state index contributed by atoms with van der Waals surface area (Å²) in [5, 5.41) is 0. The molecule has 0 aliphatic rings. The summed E-state index contributed by atoms with van der Waals surface area (Å²) < 4.78 is 38.4. The molecule has 0 saturated carbocycles. The zero-order chi connectivity index (χ0) is 19.3. The molecule has 0 aliphatic carbocycles. The van der Waals surface area contributed by atoms with Crippen molar-refractivity contribution in [2.75, 3.05) is 34.9 Å². The Labute approximate surface area is 155 Å². The van der Waals surface area contributed by atoms with E-state index in [1.807, 2.05) is 44.1 Å². The highest BCUT2D eigenvalue weighted by molar-refractivity contribution is 7.89. The topological polar surface area (TPSA) is 67.9 Å². The Kier molecular flexibility index (Phi) is 6.63. The summed E-state index contributed by atoms with van der Waals surface area (Å²) in [6.45, 7) is 2.15. The summed E-state index contributed by atoms with van der Waals surface area (Å²) in [7, 11) is 3.39. The van der Waals surface area contributed by atoms with Gasteiger partial charge < -0.3 is 14.4 Å². The fraction of sp³-hybridized carbons (Fsp3) is 0.368. The first-order chi connectivity index (χ1) is 12.3. The van der Waals surface area contributed by atoms with Crippen LogP contribution in [0.1, 0.15) is 17.2 Å². The maximum absolute atomic E-state index is 12.6. The van der Waals surface area contributed by atoms with E-state index < -0.39 is 10.0 Å². The van der Waals surface area contributed by atoms with Crippen molar-refractivity contribution < 1.29 is 17.9 Å². The van der Waals surface area contributed by atoms with Crippen LogP contribution in [0.3, 0.4) is 0 Å². The molecule has 2 aromatic rings. The van der Waals surface area contributed by atoms with Crippen LogP contribution < -0.4 is 14.2 Å². The Hall–Kier alpha value is -2.09. The van der Waals surface area contributed by atoms with Crippen LogP contribution in [-0.4, -0.2) is 48.2 Å². The van der Waals surface area contributed by atoms with Gasteiger partial charge in [0.15, 0.2) is 11.5 Å². The molecule has 6 nitrogen and oxygen atoms in total. The van der Waals surface area contributed by atoms with Crippen LogP contribution in [0.15, 0.2) is 47.4 Å². The van der Waals surface area contributed by atoms with Crippen molar-refractivity contribution in [2.24, 2.45) is 0 Å². The predicted molar refractivity (Wildman–Crippen MR) is 102 cm³/mol. The van der Waals surface area contributed by atoms with E-state index in [1.54, 1.807) is 38.5 Å². The second-order valence-electron chi connectivity index (χ2n) is 6.26. The fourth-order valence-electron chi connectivity index (χ4n) is 2.65. The largest absolute Gasteiger partial charge is 0.493 e. The van der Waals surface area contributed by atoms with Gasteiger partial charge in [-0.2, -0.15) is 0 Å². The van der Waals surface area contributed by atoms with E-state index in [4.69, 9.17) is 9.47 Å². The van der Waals surface area contributed by atoms with Crippen LogP contribution in [0.2, 0.25) is 0 Å². The minimum absolute atomic E-state index is 0.157. The smallest absolute Gasteiger partial charge is 0.240 e. The number of rotatable bonds is 8. The Morgan fingerprint density at radius 3 is 2.15 bits per heavy atom. The average molecular weight is 378 g/mol. The number of benzene rings is 2. The highest BCUT2D eigenvalue weighted by Crippen LogP contribution is 2.31. The van der Waals surface area contributed by atoms with E-state index in [2.05, 4.69) is 4.72 Å². The second-order valence-corrected chi connectivity index (χ2v) is 8.03. The molecule has 1 N–H and O–H groups in total. The van der Waals surface area contributed by atoms with Gasteiger partial charge in [0.25, 0.3) is 0 Å². The van der Waals surface area contributed by atoms with Crippen LogP contribution in [0, 0.1) is 6.92 Å². The molecule has 0 aromatic heterocycles. The van der Waals surface area contributed by atoms with Gasteiger partial charge in [-0.3, -0.25) is 0 Å². The normalized spacial score (nSPS) is 12.8. The molecule has 26 heavy (non-hydrogen) atoms. The van der Waals surface area contributed by atoms with Crippen molar-refractivity contribution in [1.29, 1.82) is 0 Å². The molecule has 0 saturated heterocycles. The van der Waals surface area contributed by atoms with Gasteiger partial charge in [0, 0.05) is 12.6 Å². The van der Waals surface area contributed by atoms with Gasteiger partial charge in [-0.05, 0) is 50.8 Å². The van der Waals surface area contributed by atoms with Gasteiger partial charge in [-0.25, -0.2) is 13.1 Å². The quantitative estimate of drug-likeness (QED) is 0.765. The van der Waals surface area contributed by atoms with Gasteiger partial charge in [-0.15, -0.1) is 0 Å². The summed E-state index contributed by atoms with van der Waals surface area (Å²) in [6, 6.07) is 12.2. The van der Waals surface area contributed by atoms with Crippen LogP contribution in [0.25, 0.3) is 0 Å². The number of likely N-dealkylation sites (N-methyl/N-ethyl adjacent to an activating group) is 1. The van der Waals surface area contributed by atoms with Crippen LogP contribution in [0.5, 0.6) is 11.5 Å². The van der Waals surface area contributed by atoms with Crippen LogP contribution in [0.4, 0.5) is 0 Å². The minimum Gasteiger partial charge on any atom is -0.493 e. The van der Waals surface area contributed by atoms with Gasteiger partial charge in [0.2, 0.25) is 10.0 Å². The van der Waals surface area contributed by atoms with Crippen LogP contribution >= 0.6 is 0 Å². The molecule has 1 atom stereocenters. The highest BCUT2D eigenvalue weighted by atomic mass is 32.2. The molecule has 0 aliphatic heterocycles. The lowest BCUT2D eigenvalue weighted by molar-refractivity contribution is 0.297. The Bertz CT molecular complexity index is 833. The molecule has 7 heteroatoms. The van der Waals surface area contributed by atoms with E-state index in [1.165, 1.54) is 0 Å². The lowest BCUT2D eigenvalue weighted by Gasteiger charge is -2.25. The molecule has 0 bridgehead atoms. The van der Waals surface area contributed by atoms with Crippen molar-refractivity contribution >= 4 is 10.0 Å². The zero-order valence-electron chi connectivity index (χ0n) is 15.8. The molecule has 142 valence electrons. The summed E-state index contributed by atoms with van der Waals surface area (Å²) in [4.78, 5) is 2.21. The number of ether oxygens (including phenoxy) is 2. The maximum atomic E-state index is 12.6. The highest BCUT2D eigenvalue weighted by Gasteiger charge is 2.21. The second kappa shape index (κ2) is 8.53.